The third-order valence-corrected chi connectivity index (χ3v) is 3.32. The minimum Gasteiger partial charge on any atom is -0.462 e. The molecule has 0 aliphatic heterocycles. The first-order valence-corrected chi connectivity index (χ1v) is 7.15. The van der Waals surface area contributed by atoms with E-state index < -0.39 is 11.4 Å². The molecule has 3 heterocycles. The summed E-state index contributed by atoms with van der Waals surface area (Å²) in [6, 6.07) is 1.31. The second-order valence-electron chi connectivity index (χ2n) is 5.11. The Labute approximate surface area is 136 Å². The number of nitrogen functional groups attached to an aromatic ring is 1. The van der Waals surface area contributed by atoms with Gasteiger partial charge >= 0.3 is 5.97 Å². The summed E-state index contributed by atoms with van der Waals surface area (Å²) in [7, 11) is 0. The van der Waals surface area contributed by atoms with Gasteiger partial charge in [-0.15, -0.1) is 0 Å². The number of esters is 1. The number of carbonyl (C=O) groups is 1. The van der Waals surface area contributed by atoms with Crippen LogP contribution in [-0.4, -0.2) is 27.5 Å². The molecular weight excluding hydrogens is 312 g/mol. The Balaban J connectivity index is 2.33. The number of nitrogens with two attached hydrogens (primary N) is 1. The highest BCUT2D eigenvalue weighted by Gasteiger charge is 2.18. The van der Waals surface area contributed by atoms with E-state index in [1.807, 2.05) is 0 Å². The Morgan fingerprint density at radius 2 is 2.17 bits per heavy atom. The molecule has 3 aromatic rings. The average molecular weight is 326 g/mol. The van der Waals surface area contributed by atoms with Crippen molar-refractivity contribution < 1.29 is 13.9 Å². The molecule has 0 unspecified atom stereocenters. The van der Waals surface area contributed by atoms with E-state index in [4.69, 9.17) is 14.9 Å². The lowest BCUT2D eigenvalue weighted by Gasteiger charge is -2.07. The smallest absolute Gasteiger partial charge is 0.341 e. The van der Waals surface area contributed by atoms with Gasteiger partial charge in [0.05, 0.1) is 18.2 Å². The fourth-order valence-electron chi connectivity index (χ4n) is 2.17. The molecule has 0 radical (unpaired) electrons. The minimum absolute atomic E-state index is 0.00437. The number of rotatable bonds is 3. The quantitative estimate of drug-likeness (QED) is 0.572. The highest BCUT2D eigenvalue weighted by Crippen LogP contribution is 2.21. The molecule has 122 valence electrons. The maximum absolute atomic E-state index is 12.7. The molecule has 0 spiro atoms. The van der Waals surface area contributed by atoms with Gasteiger partial charge in [0.2, 0.25) is 11.1 Å². The van der Waals surface area contributed by atoms with Crippen molar-refractivity contribution >= 4 is 39.6 Å². The molecule has 3 aromatic heterocycles. The summed E-state index contributed by atoms with van der Waals surface area (Å²) in [5, 5.41) is 0.0890. The Morgan fingerprint density at radius 3 is 2.83 bits per heavy atom. The van der Waals surface area contributed by atoms with Crippen LogP contribution in [0.5, 0.6) is 0 Å². The number of nitrogens with zero attached hydrogens (tertiary/aromatic N) is 3. The number of anilines is 1. The number of ether oxygens (including phenoxy) is 1. The third-order valence-electron chi connectivity index (χ3n) is 3.32. The second kappa shape index (κ2) is 5.73. The Bertz CT molecular complexity index is 1060. The van der Waals surface area contributed by atoms with Crippen molar-refractivity contribution in [3.8, 4) is 0 Å². The summed E-state index contributed by atoms with van der Waals surface area (Å²) in [5.74, 6) is -0.402. The summed E-state index contributed by atoms with van der Waals surface area (Å²) in [4.78, 5) is 36.8. The topological polar surface area (TPSA) is 121 Å². The van der Waals surface area contributed by atoms with E-state index in [1.54, 1.807) is 13.8 Å². The van der Waals surface area contributed by atoms with Gasteiger partial charge in [-0.25, -0.2) is 14.8 Å². The van der Waals surface area contributed by atoms with E-state index in [9.17, 15) is 9.59 Å². The Hall–Kier alpha value is -3.29. The van der Waals surface area contributed by atoms with E-state index in [2.05, 4.69) is 21.5 Å². The van der Waals surface area contributed by atoms with Gasteiger partial charge in [-0.05, 0) is 25.5 Å². The summed E-state index contributed by atoms with van der Waals surface area (Å²) in [5.41, 5.74) is 6.20. The zero-order chi connectivity index (χ0) is 17.4. The van der Waals surface area contributed by atoms with Crippen molar-refractivity contribution in [3.63, 3.8) is 0 Å². The normalized spacial score (nSPS) is 10.9. The van der Waals surface area contributed by atoms with Crippen molar-refractivity contribution in [2.75, 3.05) is 12.3 Å². The summed E-state index contributed by atoms with van der Waals surface area (Å²) in [6.07, 6.45) is 1.38. The molecule has 0 fully saturated rings. The van der Waals surface area contributed by atoms with E-state index in [0.29, 0.717) is 11.4 Å². The van der Waals surface area contributed by atoms with Gasteiger partial charge in [-0.1, -0.05) is 6.58 Å². The standard InChI is InChI=1S/C16H14N4O4/c1-4-23-16(22)9-5-8-12(21)11-10(24-15(8)20-13(9)17)6-18-14(19-11)7(2)3/h5-6H,2,4H2,1,3H3,(H2,17,20). The van der Waals surface area contributed by atoms with Gasteiger partial charge in [0, 0.05) is 0 Å². The maximum atomic E-state index is 12.7. The maximum Gasteiger partial charge on any atom is 0.341 e. The van der Waals surface area contributed by atoms with Crippen LogP contribution in [0.1, 0.15) is 30.0 Å². The van der Waals surface area contributed by atoms with Gasteiger partial charge in [0.25, 0.3) is 0 Å². The van der Waals surface area contributed by atoms with Gasteiger partial charge < -0.3 is 14.9 Å². The third kappa shape index (κ3) is 2.47. The first-order valence-electron chi connectivity index (χ1n) is 7.15. The number of allylic oxidation sites excluding steroid dienone is 1. The molecule has 24 heavy (non-hydrogen) atoms. The lowest BCUT2D eigenvalue weighted by molar-refractivity contribution is 0.0527. The van der Waals surface area contributed by atoms with Crippen molar-refractivity contribution in [3.05, 3.63) is 40.5 Å². The molecule has 0 atom stereocenters. The van der Waals surface area contributed by atoms with Crippen LogP contribution < -0.4 is 11.2 Å². The van der Waals surface area contributed by atoms with Crippen molar-refractivity contribution in [2.45, 2.75) is 13.8 Å². The van der Waals surface area contributed by atoms with Gasteiger partial charge in [-0.2, -0.15) is 4.98 Å². The molecule has 0 aromatic carbocycles. The predicted molar refractivity (Wildman–Crippen MR) is 88.5 cm³/mol. The molecular formula is C16H14N4O4. The molecule has 0 amide bonds. The highest BCUT2D eigenvalue weighted by atomic mass is 16.5. The molecule has 0 bridgehead atoms. The van der Waals surface area contributed by atoms with Crippen LogP contribution in [0, 0.1) is 0 Å². The fourth-order valence-corrected chi connectivity index (χ4v) is 2.17. The second-order valence-corrected chi connectivity index (χ2v) is 5.11. The van der Waals surface area contributed by atoms with Crippen molar-refractivity contribution in [1.82, 2.24) is 15.0 Å². The Kier molecular flexibility index (Phi) is 3.72. The molecule has 0 aliphatic carbocycles. The minimum atomic E-state index is -0.658. The molecule has 8 heteroatoms. The van der Waals surface area contributed by atoms with E-state index in [0.717, 1.165) is 0 Å². The number of carbonyl (C=O) groups excluding carboxylic acids is 1. The summed E-state index contributed by atoms with van der Waals surface area (Å²) >= 11 is 0. The summed E-state index contributed by atoms with van der Waals surface area (Å²) < 4.78 is 10.4. The number of fused-ring (bicyclic) bond motifs is 2. The summed E-state index contributed by atoms with van der Waals surface area (Å²) in [6.45, 7) is 7.32. The number of pyridine rings is 1. The van der Waals surface area contributed by atoms with Crippen LogP contribution in [0.15, 0.2) is 28.1 Å². The monoisotopic (exact) mass is 326 g/mol. The lowest BCUT2D eigenvalue weighted by atomic mass is 10.2. The van der Waals surface area contributed by atoms with Gasteiger partial charge in [-0.3, -0.25) is 4.79 Å². The van der Waals surface area contributed by atoms with Crippen LogP contribution >= 0.6 is 0 Å². The first kappa shape index (κ1) is 15.6. The molecule has 2 N–H and O–H groups in total. The number of hydrogen-bond acceptors (Lipinski definition) is 8. The van der Waals surface area contributed by atoms with Gasteiger partial charge in [0.15, 0.2) is 16.9 Å². The van der Waals surface area contributed by atoms with Crippen LogP contribution in [0.3, 0.4) is 0 Å². The van der Waals surface area contributed by atoms with Crippen molar-refractivity contribution in [1.29, 1.82) is 0 Å². The SMILES string of the molecule is C=C(C)c1ncc2oc3nc(N)c(C(=O)OCC)cc3c(=O)c2n1. The zero-order valence-electron chi connectivity index (χ0n) is 13.1. The van der Waals surface area contributed by atoms with Gasteiger partial charge in [0.1, 0.15) is 11.4 Å². The zero-order valence-corrected chi connectivity index (χ0v) is 13.1. The fraction of sp³-hybridized carbons (Fsp3) is 0.188. The van der Waals surface area contributed by atoms with E-state index in [1.165, 1.54) is 12.3 Å². The lowest BCUT2D eigenvalue weighted by Crippen LogP contribution is -2.13. The largest absolute Gasteiger partial charge is 0.462 e. The highest BCUT2D eigenvalue weighted by molar-refractivity contribution is 5.99. The molecule has 3 rings (SSSR count). The predicted octanol–water partition coefficient (Wildman–Crippen LogP) is 1.92. The van der Waals surface area contributed by atoms with E-state index in [-0.39, 0.29) is 40.2 Å². The Morgan fingerprint density at radius 1 is 1.42 bits per heavy atom. The molecule has 0 aliphatic rings. The van der Waals surface area contributed by atoms with Crippen molar-refractivity contribution in [2.24, 2.45) is 0 Å². The van der Waals surface area contributed by atoms with Crippen LogP contribution in [0.4, 0.5) is 5.82 Å². The van der Waals surface area contributed by atoms with Crippen LogP contribution in [0.2, 0.25) is 0 Å². The number of aromatic nitrogens is 3. The van der Waals surface area contributed by atoms with Crippen LogP contribution in [-0.2, 0) is 4.74 Å². The average Bonchev–Trinajstić information content (AvgIpc) is 2.54. The molecule has 8 nitrogen and oxygen atoms in total. The first-order chi connectivity index (χ1) is 11.4. The van der Waals surface area contributed by atoms with E-state index >= 15 is 0 Å². The van der Waals surface area contributed by atoms with Crippen LogP contribution in [0.25, 0.3) is 27.8 Å². The molecule has 0 saturated carbocycles. The number of hydrogen-bond donors (Lipinski definition) is 1. The molecule has 0 saturated heterocycles.